The zero-order valence-corrected chi connectivity index (χ0v) is 15.5. The number of rotatable bonds is 2. The molecule has 6 heteroatoms. The molecule has 1 unspecified atom stereocenters. The summed E-state index contributed by atoms with van der Waals surface area (Å²) in [5.74, 6) is -1.23. The lowest BCUT2D eigenvalue weighted by Gasteiger charge is -2.30. The van der Waals surface area contributed by atoms with E-state index in [1.807, 2.05) is 23.1 Å². The predicted molar refractivity (Wildman–Crippen MR) is 104 cm³/mol. The largest absolute Gasteiger partial charge is 0.357 e. The monoisotopic (exact) mass is 377 g/mol. The fourth-order valence-corrected chi connectivity index (χ4v) is 4.43. The second-order valence-electron chi connectivity index (χ2n) is 7.59. The summed E-state index contributed by atoms with van der Waals surface area (Å²) in [5.41, 5.74) is 4.26. The van der Waals surface area contributed by atoms with Gasteiger partial charge < -0.3 is 4.98 Å². The van der Waals surface area contributed by atoms with Crippen LogP contribution in [0.5, 0.6) is 0 Å². The van der Waals surface area contributed by atoms with Crippen molar-refractivity contribution in [3.05, 3.63) is 65.1 Å². The highest BCUT2D eigenvalue weighted by Crippen LogP contribution is 2.33. The topological polar surface area (TPSA) is 56.4 Å². The zero-order valence-electron chi connectivity index (χ0n) is 15.5. The van der Waals surface area contributed by atoms with Crippen molar-refractivity contribution in [3.63, 3.8) is 0 Å². The van der Waals surface area contributed by atoms with Gasteiger partial charge in [0.2, 0.25) is 5.91 Å². The first-order valence-corrected chi connectivity index (χ1v) is 9.48. The standard InChI is InChI=1S/C22H20FN3O2/c1-13-6-7-19(16(23)10-13)26-21(27)11-20(22(26)28)25-9-8-15-14-4-2-3-5-17(14)24-18(15)12-25/h2-7,10,20,24H,8-9,11-12H2,1H3. The van der Waals surface area contributed by atoms with E-state index in [-0.39, 0.29) is 23.9 Å². The van der Waals surface area contributed by atoms with Crippen molar-refractivity contribution in [1.82, 2.24) is 9.88 Å². The van der Waals surface area contributed by atoms with Crippen molar-refractivity contribution < 1.29 is 14.0 Å². The van der Waals surface area contributed by atoms with Crippen molar-refractivity contribution in [2.24, 2.45) is 0 Å². The fourth-order valence-electron chi connectivity index (χ4n) is 4.43. The molecule has 2 amide bonds. The number of halogens is 1. The van der Waals surface area contributed by atoms with Crippen LogP contribution >= 0.6 is 0 Å². The van der Waals surface area contributed by atoms with Gasteiger partial charge in [0.25, 0.3) is 5.91 Å². The van der Waals surface area contributed by atoms with E-state index in [0.29, 0.717) is 13.1 Å². The summed E-state index contributed by atoms with van der Waals surface area (Å²) >= 11 is 0. The van der Waals surface area contributed by atoms with Crippen molar-refractivity contribution in [3.8, 4) is 0 Å². The van der Waals surface area contributed by atoms with Crippen LogP contribution in [0.2, 0.25) is 0 Å². The normalized spacial score (nSPS) is 20.2. The quantitative estimate of drug-likeness (QED) is 0.697. The Morgan fingerprint density at radius 3 is 2.79 bits per heavy atom. The number of aromatic amines is 1. The number of fused-ring (bicyclic) bond motifs is 3. The fraction of sp³-hybridized carbons (Fsp3) is 0.273. The highest BCUT2D eigenvalue weighted by molar-refractivity contribution is 6.22. The molecule has 2 aromatic carbocycles. The molecule has 28 heavy (non-hydrogen) atoms. The van der Waals surface area contributed by atoms with Crippen LogP contribution in [-0.4, -0.2) is 34.3 Å². The van der Waals surface area contributed by atoms with Crippen LogP contribution in [0.15, 0.2) is 42.5 Å². The van der Waals surface area contributed by atoms with Crippen molar-refractivity contribution in [1.29, 1.82) is 0 Å². The molecular formula is C22H20FN3O2. The Morgan fingerprint density at radius 1 is 1.14 bits per heavy atom. The molecule has 0 saturated carbocycles. The summed E-state index contributed by atoms with van der Waals surface area (Å²) in [7, 11) is 0. The average molecular weight is 377 g/mol. The second kappa shape index (κ2) is 6.27. The van der Waals surface area contributed by atoms with E-state index in [4.69, 9.17) is 0 Å². The number of hydrogen-bond acceptors (Lipinski definition) is 3. The van der Waals surface area contributed by atoms with Crippen LogP contribution < -0.4 is 4.90 Å². The lowest BCUT2D eigenvalue weighted by Crippen LogP contribution is -2.44. The van der Waals surface area contributed by atoms with E-state index in [9.17, 15) is 14.0 Å². The molecule has 3 heterocycles. The first kappa shape index (κ1) is 17.1. The Balaban J connectivity index is 1.43. The molecular weight excluding hydrogens is 357 g/mol. The molecule has 2 aliphatic rings. The van der Waals surface area contributed by atoms with Gasteiger partial charge in [0, 0.05) is 29.7 Å². The molecule has 5 nitrogen and oxygen atoms in total. The minimum absolute atomic E-state index is 0.0476. The Bertz CT molecular complexity index is 1120. The first-order valence-electron chi connectivity index (χ1n) is 9.48. The number of carbonyl (C=O) groups is 2. The van der Waals surface area contributed by atoms with E-state index in [1.54, 1.807) is 13.0 Å². The number of para-hydroxylation sites is 1. The molecule has 1 aromatic heterocycles. The summed E-state index contributed by atoms with van der Waals surface area (Å²) in [4.78, 5) is 32.1. The van der Waals surface area contributed by atoms with Crippen LogP contribution in [0.1, 0.15) is 23.2 Å². The average Bonchev–Trinajstić information content (AvgIpc) is 3.19. The Hall–Kier alpha value is -2.99. The van der Waals surface area contributed by atoms with Gasteiger partial charge in [-0.3, -0.25) is 14.5 Å². The van der Waals surface area contributed by atoms with Crippen molar-refractivity contribution in [2.45, 2.75) is 32.4 Å². The van der Waals surface area contributed by atoms with Gasteiger partial charge in [-0.1, -0.05) is 24.3 Å². The number of aryl methyl sites for hydroxylation is 1. The van der Waals surface area contributed by atoms with Crippen LogP contribution in [0.4, 0.5) is 10.1 Å². The number of amides is 2. The number of aromatic nitrogens is 1. The summed E-state index contributed by atoms with van der Waals surface area (Å²) in [5, 5.41) is 1.22. The van der Waals surface area contributed by atoms with Crippen LogP contribution in [-0.2, 0) is 22.6 Å². The third kappa shape index (κ3) is 2.56. The van der Waals surface area contributed by atoms with Crippen LogP contribution in [0.3, 0.4) is 0 Å². The van der Waals surface area contributed by atoms with Gasteiger partial charge in [-0.15, -0.1) is 0 Å². The van der Waals surface area contributed by atoms with Gasteiger partial charge in [0.15, 0.2) is 0 Å². The van der Waals surface area contributed by atoms with Crippen molar-refractivity contribution >= 4 is 28.4 Å². The number of H-pyrrole nitrogens is 1. The smallest absolute Gasteiger partial charge is 0.251 e. The molecule has 5 rings (SSSR count). The number of anilines is 1. The Morgan fingerprint density at radius 2 is 1.96 bits per heavy atom. The minimum atomic E-state index is -0.548. The maximum absolute atomic E-state index is 14.4. The van der Waals surface area contributed by atoms with Gasteiger partial charge in [-0.25, -0.2) is 9.29 Å². The lowest BCUT2D eigenvalue weighted by atomic mass is 10.0. The molecule has 3 aromatic rings. The molecule has 1 atom stereocenters. The zero-order chi connectivity index (χ0) is 19.4. The van der Waals surface area contributed by atoms with Gasteiger partial charge in [0.05, 0.1) is 18.2 Å². The highest BCUT2D eigenvalue weighted by Gasteiger charge is 2.44. The number of benzene rings is 2. The maximum Gasteiger partial charge on any atom is 0.251 e. The number of imide groups is 1. The second-order valence-corrected chi connectivity index (χ2v) is 7.59. The minimum Gasteiger partial charge on any atom is -0.357 e. The molecule has 0 aliphatic carbocycles. The van der Waals surface area contributed by atoms with Crippen LogP contribution in [0, 0.1) is 12.7 Å². The maximum atomic E-state index is 14.4. The number of hydrogen-bond donors (Lipinski definition) is 1. The van der Waals surface area contributed by atoms with E-state index in [2.05, 4.69) is 11.1 Å². The first-order chi connectivity index (χ1) is 13.5. The molecule has 1 fully saturated rings. The third-order valence-corrected chi connectivity index (χ3v) is 5.82. The Kier molecular flexibility index (Phi) is 3.84. The van der Waals surface area contributed by atoms with E-state index < -0.39 is 11.9 Å². The molecule has 0 bridgehead atoms. The Labute approximate surface area is 161 Å². The number of nitrogens with one attached hydrogen (secondary N) is 1. The summed E-state index contributed by atoms with van der Waals surface area (Å²) in [6.45, 7) is 3.05. The molecule has 142 valence electrons. The van der Waals surface area contributed by atoms with Gasteiger partial charge in [0.1, 0.15) is 5.82 Å². The van der Waals surface area contributed by atoms with Gasteiger partial charge >= 0.3 is 0 Å². The summed E-state index contributed by atoms with van der Waals surface area (Å²) < 4.78 is 14.4. The van der Waals surface area contributed by atoms with E-state index >= 15 is 0 Å². The lowest BCUT2D eigenvalue weighted by molar-refractivity contribution is -0.123. The molecule has 0 spiro atoms. The SMILES string of the molecule is Cc1ccc(N2C(=O)CC(N3CCc4c([nH]c5ccccc45)C3)C2=O)c(F)c1. The number of nitrogens with zero attached hydrogens (tertiary/aromatic N) is 2. The van der Waals surface area contributed by atoms with Gasteiger partial charge in [-0.05, 0) is 42.7 Å². The summed E-state index contributed by atoms with van der Waals surface area (Å²) in [6.07, 6.45) is 0.901. The third-order valence-electron chi connectivity index (χ3n) is 5.82. The van der Waals surface area contributed by atoms with Gasteiger partial charge in [-0.2, -0.15) is 0 Å². The number of carbonyl (C=O) groups excluding carboxylic acids is 2. The molecule has 2 aliphatic heterocycles. The highest BCUT2D eigenvalue weighted by atomic mass is 19.1. The van der Waals surface area contributed by atoms with E-state index in [1.165, 1.54) is 23.1 Å². The van der Waals surface area contributed by atoms with E-state index in [0.717, 1.165) is 28.1 Å². The molecule has 1 saturated heterocycles. The molecule has 0 radical (unpaired) electrons. The van der Waals surface area contributed by atoms with Crippen LogP contribution in [0.25, 0.3) is 10.9 Å². The summed E-state index contributed by atoms with van der Waals surface area (Å²) in [6, 6.07) is 12.2. The molecule has 1 N–H and O–H groups in total. The van der Waals surface area contributed by atoms with Crippen molar-refractivity contribution in [2.75, 3.05) is 11.4 Å². The predicted octanol–water partition coefficient (Wildman–Crippen LogP) is 3.31.